The van der Waals surface area contributed by atoms with Gasteiger partial charge in [-0.15, -0.1) is 0 Å². The summed E-state index contributed by atoms with van der Waals surface area (Å²) < 4.78 is 28.2. The molecular weight excluding hydrogens is 580 g/mol. The molecule has 1 aromatic heterocycles. The second-order valence-corrected chi connectivity index (χ2v) is 13.3. The summed E-state index contributed by atoms with van der Waals surface area (Å²) in [4.78, 5) is 47.3. The molecule has 3 heterocycles. The number of nitrogens with zero attached hydrogens (tertiary/aromatic N) is 3. The fraction of sp³-hybridized carbons (Fsp3) is 0.438. The van der Waals surface area contributed by atoms with E-state index in [1.165, 1.54) is 6.07 Å². The molecule has 3 amide bonds. The third-order valence-electron chi connectivity index (χ3n) is 8.37. The largest absolute Gasteiger partial charge is 0.371 e. The van der Waals surface area contributed by atoms with Gasteiger partial charge in [0.25, 0.3) is 0 Å². The van der Waals surface area contributed by atoms with Gasteiger partial charge in [-0.25, -0.2) is 13.1 Å². The number of sulfonamides is 1. The van der Waals surface area contributed by atoms with Crippen LogP contribution < -0.4 is 20.3 Å². The van der Waals surface area contributed by atoms with Gasteiger partial charge in [0.15, 0.2) is 0 Å². The van der Waals surface area contributed by atoms with Crippen molar-refractivity contribution in [2.24, 2.45) is 5.92 Å². The summed E-state index contributed by atoms with van der Waals surface area (Å²) in [5.41, 5.74) is 1.12. The van der Waals surface area contributed by atoms with Crippen LogP contribution in [0.4, 0.5) is 5.69 Å². The Balaban J connectivity index is 1.14. The fourth-order valence-electron chi connectivity index (χ4n) is 5.86. The van der Waals surface area contributed by atoms with Gasteiger partial charge < -0.3 is 20.4 Å². The van der Waals surface area contributed by atoms with Crippen LogP contribution in [0.5, 0.6) is 0 Å². The minimum absolute atomic E-state index is 0.0452. The van der Waals surface area contributed by atoms with E-state index < -0.39 is 28.5 Å². The monoisotopic (exact) mass is 620 g/mol. The number of hydrogen-bond donors (Lipinski definition) is 3. The zero-order chi connectivity index (χ0) is 30.9. The highest BCUT2D eigenvalue weighted by Crippen LogP contribution is 2.25. The van der Waals surface area contributed by atoms with Crippen molar-refractivity contribution in [3.05, 3.63) is 67.0 Å². The Morgan fingerprint density at radius 1 is 0.864 bits per heavy atom. The number of pyridine rings is 1. The normalized spacial score (nSPS) is 16.8. The number of piperidine rings is 2. The van der Waals surface area contributed by atoms with E-state index in [2.05, 4.69) is 25.2 Å². The van der Waals surface area contributed by atoms with Gasteiger partial charge in [0.2, 0.25) is 27.7 Å². The van der Waals surface area contributed by atoms with E-state index in [4.69, 9.17) is 0 Å². The van der Waals surface area contributed by atoms with Crippen LogP contribution in [0.2, 0.25) is 0 Å². The maximum absolute atomic E-state index is 13.4. The van der Waals surface area contributed by atoms with Crippen LogP contribution in [-0.2, 0) is 24.4 Å². The van der Waals surface area contributed by atoms with E-state index in [1.807, 2.05) is 36.4 Å². The van der Waals surface area contributed by atoms with E-state index in [1.54, 1.807) is 29.4 Å². The fourth-order valence-corrected chi connectivity index (χ4v) is 6.88. The lowest BCUT2D eigenvalue weighted by molar-refractivity contribution is -0.137. The third kappa shape index (κ3) is 8.32. The first-order valence-electron chi connectivity index (χ1n) is 15.3. The van der Waals surface area contributed by atoms with Crippen LogP contribution >= 0.6 is 0 Å². The van der Waals surface area contributed by atoms with Gasteiger partial charge in [-0.2, -0.15) is 0 Å². The predicted octanol–water partition coefficient (Wildman–Crippen LogP) is 2.43. The number of rotatable bonds is 11. The number of nitrogens with one attached hydrogen (secondary N) is 3. The van der Waals surface area contributed by atoms with Crippen LogP contribution in [-0.4, -0.2) is 81.3 Å². The summed E-state index contributed by atoms with van der Waals surface area (Å²) in [6, 6.07) is 15.1. The maximum atomic E-state index is 13.4. The van der Waals surface area contributed by atoms with Crippen molar-refractivity contribution in [1.82, 2.24) is 25.2 Å². The second kappa shape index (κ2) is 14.6. The van der Waals surface area contributed by atoms with E-state index in [0.717, 1.165) is 61.7 Å². The molecule has 0 spiro atoms. The molecule has 0 aliphatic carbocycles. The van der Waals surface area contributed by atoms with Crippen molar-refractivity contribution >= 4 is 44.2 Å². The lowest BCUT2D eigenvalue weighted by atomic mass is 9.93. The summed E-state index contributed by atoms with van der Waals surface area (Å²) in [5, 5.41) is 7.19. The minimum Gasteiger partial charge on any atom is -0.371 e. The van der Waals surface area contributed by atoms with Crippen molar-refractivity contribution in [2.45, 2.75) is 49.5 Å². The standard InChI is InChI=1S/C32H40N6O5S/c39-30(20-24-12-18-37(19-13-24)27-10-14-33-15-11-27)34-22-29(32(41)38-16-4-1-5-17-38)36-31(40)23-35-44(42,43)28-9-8-25-6-2-3-7-26(25)21-28/h2-3,6-11,14-15,21,24,29,35H,1,4-5,12-13,16-20,22-23H2,(H,34,39)(H,36,40). The number of fused-ring (bicyclic) bond motifs is 1. The van der Waals surface area contributed by atoms with Crippen LogP contribution in [0, 0.1) is 5.92 Å². The van der Waals surface area contributed by atoms with Gasteiger partial charge in [0.05, 0.1) is 11.4 Å². The number of benzene rings is 2. The number of hydrogen-bond acceptors (Lipinski definition) is 7. The third-order valence-corrected chi connectivity index (χ3v) is 9.77. The van der Waals surface area contributed by atoms with Gasteiger partial charge in [-0.05, 0) is 73.1 Å². The molecule has 2 fully saturated rings. The topological polar surface area (TPSA) is 141 Å². The second-order valence-electron chi connectivity index (χ2n) is 11.5. The van der Waals surface area contributed by atoms with Crippen molar-refractivity contribution in [3.8, 4) is 0 Å². The van der Waals surface area contributed by atoms with Crippen LogP contribution in [0.15, 0.2) is 71.9 Å². The van der Waals surface area contributed by atoms with Crippen molar-refractivity contribution in [3.63, 3.8) is 0 Å². The smallest absolute Gasteiger partial charge is 0.246 e. The average Bonchev–Trinajstić information content (AvgIpc) is 3.06. The number of amides is 3. The summed E-state index contributed by atoms with van der Waals surface area (Å²) in [6.45, 7) is 2.27. The van der Waals surface area contributed by atoms with Gasteiger partial charge in [-0.1, -0.05) is 30.3 Å². The Kier molecular flexibility index (Phi) is 10.4. The lowest BCUT2D eigenvalue weighted by Crippen LogP contribution is -2.56. The number of likely N-dealkylation sites (tertiary alicyclic amines) is 1. The lowest BCUT2D eigenvalue weighted by Gasteiger charge is -2.33. The number of aromatic nitrogens is 1. The quantitative estimate of drug-likeness (QED) is 0.299. The zero-order valence-electron chi connectivity index (χ0n) is 24.8. The van der Waals surface area contributed by atoms with E-state index in [0.29, 0.717) is 19.5 Å². The highest BCUT2D eigenvalue weighted by Gasteiger charge is 2.29. The number of carbonyl (C=O) groups excluding carboxylic acids is 3. The van der Waals surface area contributed by atoms with Crippen molar-refractivity contribution in [2.75, 3.05) is 44.2 Å². The van der Waals surface area contributed by atoms with Crippen molar-refractivity contribution in [1.29, 1.82) is 0 Å². The Morgan fingerprint density at radius 2 is 1.57 bits per heavy atom. The first-order chi connectivity index (χ1) is 21.3. The Morgan fingerprint density at radius 3 is 2.30 bits per heavy atom. The summed E-state index contributed by atoms with van der Waals surface area (Å²) in [7, 11) is -3.97. The summed E-state index contributed by atoms with van der Waals surface area (Å²) >= 11 is 0. The minimum atomic E-state index is -3.97. The average molecular weight is 621 g/mol. The molecule has 2 aliphatic heterocycles. The highest BCUT2D eigenvalue weighted by atomic mass is 32.2. The Labute approximate surface area is 258 Å². The van der Waals surface area contributed by atoms with E-state index in [-0.39, 0.29) is 29.2 Å². The molecule has 0 radical (unpaired) electrons. The molecule has 2 aliphatic rings. The Bertz CT molecular complexity index is 1550. The van der Waals surface area contributed by atoms with Gasteiger partial charge in [-0.3, -0.25) is 19.4 Å². The first-order valence-corrected chi connectivity index (χ1v) is 16.7. The summed E-state index contributed by atoms with van der Waals surface area (Å²) in [6.07, 6.45) is 8.43. The van der Waals surface area contributed by atoms with Gasteiger partial charge in [0.1, 0.15) is 6.04 Å². The molecular formula is C32H40N6O5S. The molecule has 44 heavy (non-hydrogen) atoms. The molecule has 1 unspecified atom stereocenters. The molecule has 11 nitrogen and oxygen atoms in total. The van der Waals surface area contributed by atoms with E-state index in [9.17, 15) is 22.8 Å². The first kappa shape index (κ1) is 31.4. The molecule has 0 saturated carbocycles. The van der Waals surface area contributed by atoms with Crippen molar-refractivity contribution < 1.29 is 22.8 Å². The van der Waals surface area contributed by atoms with Crippen LogP contribution in [0.3, 0.4) is 0 Å². The zero-order valence-corrected chi connectivity index (χ0v) is 25.6. The molecule has 234 valence electrons. The Hall–Kier alpha value is -4.03. The molecule has 3 aromatic rings. The molecule has 0 bridgehead atoms. The number of anilines is 1. The highest BCUT2D eigenvalue weighted by molar-refractivity contribution is 7.89. The SMILES string of the molecule is O=C(CC1CCN(c2ccncc2)CC1)NCC(NC(=O)CNS(=O)(=O)c1ccc2ccccc2c1)C(=O)N1CCCCC1. The number of carbonyl (C=O) groups is 3. The molecule has 1 atom stereocenters. The molecule has 2 saturated heterocycles. The van der Waals surface area contributed by atoms with Crippen LogP contribution in [0.25, 0.3) is 10.8 Å². The van der Waals surface area contributed by atoms with Gasteiger partial charge in [0, 0.05) is 57.2 Å². The predicted molar refractivity (Wildman–Crippen MR) is 168 cm³/mol. The van der Waals surface area contributed by atoms with E-state index >= 15 is 0 Å². The molecule has 3 N–H and O–H groups in total. The summed E-state index contributed by atoms with van der Waals surface area (Å²) in [5.74, 6) is -0.873. The maximum Gasteiger partial charge on any atom is 0.246 e. The molecule has 12 heteroatoms. The van der Waals surface area contributed by atoms with Crippen LogP contribution in [0.1, 0.15) is 38.5 Å². The molecule has 2 aromatic carbocycles. The van der Waals surface area contributed by atoms with Gasteiger partial charge >= 0.3 is 0 Å². The molecule has 5 rings (SSSR count).